The third kappa shape index (κ3) is 4.57. The summed E-state index contributed by atoms with van der Waals surface area (Å²) in [6.45, 7) is 6.06. The summed E-state index contributed by atoms with van der Waals surface area (Å²) in [6.07, 6.45) is 1.75. The van der Waals surface area contributed by atoms with Crippen LogP contribution in [0.15, 0.2) is 24.3 Å². The molecule has 0 saturated heterocycles. The van der Waals surface area contributed by atoms with E-state index in [1.807, 2.05) is 45.0 Å². The summed E-state index contributed by atoms with van der Waals surface area (Å²) in [4.78, 5) is 11.8. The maximum absolute atomic E-state index is 11.8. The van der Waals surface area contributed by atoms with Gasteiger partial charge >= 0.3 is 6.03 Å². The van der Waals surface area contributed by atoms with Crippen LogP contribution in [-0.2, 0) is 0 Å². The standard InChI is InChI=1S/C14H21ClN2O/c1-4-10(3)16-14(18)17-13(5-2)11-7-6-8-12(15)9-11/h6-10,13H,4-5H2,1-3H3,(H2,16,17,18)/t10-,13-/m1/s1. The molecule has 0 bridgehead atoms. The Morgan fingerprint density at radius 2 is 2.00 bits per heavy atom. The van der Waals surface area contributed by atoms with Crippen molar-refractivity contribution >= 4 is 17.6 Å². The second-order valence-electron chi connectivity index (χ2n) is 4.44. The number of rotatable bonds is 5. The van der Waals surface area contributed by atoms with Crippen molar-refractivity contribution in [3.8, 4) is 0 Å². The van der Waals surface area contributed by atoms with Gasteiger partial charge in [0.05, 0.1) is 6.04 Å². The molecule has 0 aromatic heterocycles. The van der Waals surface area contributed by atoms with Crippen LogP contribution in [0.25, 0.3) is 0 Å². The lowest BCUT2D eigenvalue weighted by Crippen LogP contribution is -2.42. The Morgan fingerprint density at radius 3 is 2.56 bits per heavy atom. The molecule has 2 N–H and O–H groups in total. The number of nitrogens with one attached hydrogen (secondary N) is 2. The lowest BCUT2D eigenvalue weighted by molar-refractivity contribution is 0.233. The van der Waals surface area contributed by atoms with Crippen LogP contribution < -0.4 is 10.6 Å². The Bertz CT molecular complexity index is 395. The van der Waals surface area contributed by atoms with Crippen molar-refractivity contribution in [2.24, 2.45) is 0 Å². The molecule has 0 aliphatic heterocycles. The number of halogens is 1. The van der Waals surface area contributed by atoms with Gasteiger partial charge in [-0.1, -0.05) is 37.6 Å². The van der Waals surface area contributed by atoms with Crippen molar-refractivity contribution in [1.29, 1.82) is 0 Å². The summed E-state index contributed by atoms with van der Waals surface area (Å²) >= 11 is 5.96. The van der Waals surface area contributed by atoms with E-state index in [2.05, 4.69) is 10.6 Å². The Hall–Kier alpha value is -1.22. The number of hydrogen-bond acceptors (Lipinski definition) is 1. The number of carbonyl (C=O) groups is 1. The molecular formula is C14H21ClN2O. The van der Waals surface area contributed by atoms with E-state index in [4.69, 9.17) is 11.6 Å². The van der Waals surface area contributed by atoms with Gasteiger partial charge in [-0.3, -0.25) is 0 Å². The van der Waals surface area contributed by atoms with Crippen molar-refractivity contribution < 1.29 is 4.79 Å². The fourth-order valence-electron chi connectivity index (χ4n) is 1.67. The Balaban J connectivity index is 2.65. The average molecular weight is 269 g/mol. The highest BCUT2D eigenvalue weighted by atomic mass is 35.5. The van der Waals surface area contributed by atoms with Crippen molar-refractivity contribution in [3.63, 3.8) is 0 Å². The maximum atomic E-state index is 11.8. The molecule has 0 unspecified atom stereocenters. The van der Waals surface area contributed by atoms with Gasteiger partial charge in [-0.2, -0.15) is 0 Å². The Morgan fingerprint density at radius 1 is 1.28 bits per heavy atom. The summed E-state index contributed by atoms with van der Waals surface area (Å²) < 4.78 is 0. The molecule has 0 aliphatic carbocycles. The van der Waals surface area contributed by atoms with Gasteiger partial charge in [0.2, 0.25) is 0 Å². The number of amides is 2. The molecule has 100 valence electrons. The smallest absolute Gasteiger partial charge is 0.315 e. The minimum Gasteiger partial charge on any atom is -0.336 e. The van der Waals surface area contributed by atoms with E-state index in [9.17, 15) is 4.79 Å². The highest BCUT2D eigenvalue weighted by Gasteiger charge is 2.13. The minimum atomic E-state index is -0.129. The largest absolute Gasteiger partial charge is 0.336 e. The van der Waals surface area contributed by atoms with Crippen LogP contribution in [-0.4, -0.2) is 12.1 Å². The van der Waals surface area contributed by atoms with Gasteiger partial charge < -0.3 is 10.6 Å². The minimum absolute atomic E-state index is 0.00671. The van der Waals surface area contributed by atoms with E-state index in [0.29, 0.717) is 5.02 Å². The van der Waals surface area contributed by atoms with E-state index in [1.54, 1.807) is 0 Å². The van der Waals surface area contributed by atoms with Gasteiger partial charge in [0.1, 0.15) is 0 Å². The predicted octanol–water partition coefficient (Wildman–Crippen LogP) is 3.89. The van der Waals surface area contributed by atoms with Gasteiger partial charge in [0, 0.05) is 11.1 Å². The first kappa shape index (κ1) is 14.8. The molecule has 2 atom stereocenters. The highest BCUT2D eigenvalue weighted by molar-refractivity contribution is 6.30. The van der Waals surface area contributed by atoms with Crippen LogP contribution in [0.3, 0.4) is 0 Å². The number of urea groups is 1. The zero-order chi connectivity index (χ0) is 13.5. The third-order valence-electron chi connectivity index (χ3n) is 2.95. The van der Waals surface area contributed by atoms with E-state index in [1.165, 1.54) is 0 Å². The van der Waals surface area contributed by atoms with E-state index >= 15 is 0 Å². The molecule has 1 aromatic rings. The monoisotopic (exact) mass is 268 g/mol. The molecule has 18 heavy (non-hydrogen) atoms. The van der Waals surface area contributed by atoms with Crippen LogP contribution in [0.5, 0.6) is 0 Å². The zero-order valence-corrected chi connectivity index (χ0v) is 11.9. The molecule has 0 heterocycles. The molecule has 4 heteroatoms. The first-order valence-electron chi connectivity index (χ1n) is 6.39. The summed E-state index contributed by atoms with van der Waals surface area (Å²) in [5.74, 6) is 0. The summed E-state index contributed by atoms with van der Waals surface area (Å²) in [5.41, 5.74) is 1.03. The topological polar surface area (TPSA) is 41.1 Å². The van der Waals surface area contributed by atoms with Crippen molar-refractivity contribution in [2.45, 2.75) is 45.7 Å². The lowest BCUT2D eigenvalue weighted by Gasteiger charge is -2.20. The first-order valence-corrected chi connectivity index (χ1v) is 6.77. The molecule has 0 aliphatic rings. The van der Waals surface area contributed by atoms with Crippen LogP contribution >= 0.6 is 11.6 Å². The van der Waals surface area contributed by atoms with Gasteiger partial charge in [-0.25, -0.2) is 4.79 Å². The average Bonchev–Trinajstić information content (AvgIpc) is 2.35. The number of benzene rings is 1. The normalized spacial score (nSPS) is 13.8. The molecule has 0 fully saturated rings. The molecule has 0 radical (unpaired) electrons. The summed E-state index contributed by atoms with van der Waals surface area (Å²) in [6, 6.07) is 7.64. The first-order chi connectivity index (χ1) is 8.56. The number of carbonyl (C=O) groups excluding carboxylic acids is 1. The molecule has 1 rings (SSSR count). The Kier molecular flexibility index (Phi) is 5.99. The molecule has 1 aromatic carbocycles. The lowest BCUT2D eigenvalue weighted by atomic mass is 10.1. The van der Waals surface area contributed by atoms with Crippen molar-refractivity contribution in [1.82, 2.24) is 10.6 Å². The fraction of sp³-hybridized carbons (Fsp3) is 0.500. The van der Waals surface area contributed by atoms with E-state index in [0.717, 1.165) is 18.4 Å². The van der Waals surface area contributed by atoms with Crippen LogP contribution in [0, 0.1) is 0 Å². The van der Waals surface area contributed by atoms with Crippen molar-refractivity contribution in [2.75, 3.05) is 0 Å². The molecule has 0 spiro atoms. The van der Waals surface area contributed by atoms with Gasteiger partial charge in [-0.05, 0) is 37.5 Å². The number of hydrogen-bond donors (Lipinski definition) is 2. The van der Waals surface area contributed by atoms with Gasteiger partial charge in [0.25, 0.3) is 0 Å². The van der Waals surface area contributed by atoms with E-state index < -0.39 is 0 Å². The highest BCUT2D eigenvalue weighted by Crippen LogP contribution is 2.20. The predicted molar refractivity (Wildman–Crippen MR) is 75.9 cm³/mol. The third-order valence-corrected chi connectivity index (χ3v) is 3.19. The zero-order valence-electron chi connectivity index (χ0n) is 11.2. The molecular weight excluding hydrogens is 248 g/mol. The SMILES string of the molecule is CC[C@@H](C)NC(=O)N[C@H](CC)c1cccc(Cl)c1. The Labute approximate surface area is 114 Å². The quantitative estimate of drug-likeness (QED) is 0.836. The van der Waals surface area contributed by atoms with E-state index in [-0.39, 0.29) is 18.1 Å². The molecule has 0 saturated carbocycles. The van der Waals surface area contributed by atoms with Gasteiger partial charge in [-0.15, -0.1) is 0 Å². The second-order valence-corrected chi connectivity index (χ2v) is 4.88. The van der Waals surface area contributed by atoms with Crippen LogP contribution in [0.4, 0.5) is 4.79 Å². The van der Waals surface area contributed by atoms with Gasteiger partial charge in [0.15, 0.2) is 0 Å². The summed E-state index contributed by atoms with van der Waals surface area (Å²) in [7, 11) is 0. The van der Waals surface area contributed by atoms with Crippen LogP contribution in [0.1, 0.15) is 45.2 Å². The molecule has 3 nitrogen and oxygen atoms in total. The second kappa shape index (κ2) is 7.27. The van der Waals surface area contributed by atoms with Crippen LogP contribution in [0.2, 0.25) is 5.02 Å². The summed E-state index contributed by atoms with van der Waals surface area (Å²) in [5, 5.41) is 6.55. The fourth-order valence-corrected chi connectivity index (χ4v) is 1.87. The maximum Gasteiger partial charge on any atom is 0.315 e. The molecule has 2 amide bonds. The van der Waals surface area contributed by atoms with Crippen molar-refractivity contribution in [3.05, 3.63) is 34.9 Å².